The molecule has 0 aliphatic carbocycles. The van der Waals surface area contributed by atoms with E-state index >= 15 is 0 Å². The molecule has 0 fully saturated rings. The Bertz CT molecular complexity index is 388. The molecular weight excluding hydrogens is 240 g/mol. The lowest BCUT2D eigenvalue weighted by molar-refractivity contribution is -0.128. The van der Waals surface area contributed by atoms with Gasteiger partial charge in [0.05, 0.1) is 0 Å². The quantitative estimate of drug-likeness (QED) is 0.684. The number of carbonyl (C=O) groups is 1. The normalized spacial score (nSPS) is 12.5. The van der Waals surface area contributed by atoms with Crippen LogP contribution < -0.4 is 11.1 Å². The lowest BCUT2D eigenvalue weighted by Crippen LogP contribution is -2.39. The van der Waals surface area contributed by atoms with E-state index in [4.69, 9.17) is 5.73 Å². The van der Waals surface area contributed by atoms with Crippen molar-refractivity contribution in [3.05, 3.63) is 35.4 Å². The van der Waals surface area contributed by atoms with E-state index in [9.17, 15) is 9.90 Å². The van der Waals surface area contributed by atoms with Crippen LogP contribution in [0.5, 0.6) is 0 Å². The SMILES string of the molecule is CC(C)Cc1ccc(CCNC(=O)C(O)CN)cc1. The van der Waals surface area contributed by atoms with E-state index in [1.54, 1.807) is 0 Å². The molecule has 19 heavy (non-hydrogen) atoms. The van der Waals surface area contributed by atoms with E-state index in [-0.39, 0.29) is 6.54 Å². The van der Waals surface area contributed by atoms with Gasteiger partial charge in [-0.3, -0.25) is 4.79 Å². The molecule has 0 aliphatic heterocycles. The predicted molar refractivity (Wildman–Crippen MR) is 76.8 cm³/mol. The highest BCUT2D eigenvalue weighted by Crippen LogP contribution is 2.09. The van der Waals surface area contributed by atoms with Gasteiger partial charge in [-0.1, -0.05) is 38.1 Å². The molecule has 0 saturated carbocycles. The first-order valence-corrected chi connectivity index (χ1v) is 6.76. The average molecular weight is 264 g/mol. The first-order chi connectivity index (χ1) is 9.02. The van der Waals surface area contributed by atoms with Crippen molar-refractivity contribution in [2.24, 2.45) is 11.7 Å². The fourth-order valence-electron chi connectivity index (χ4n) is 1.87. The number of hydrogen-bond donors (Lipinski definition) is 3. The van der Waals surface area contributed by atoms with Crippen LogP contribution in [0.3, 0.4) is 0 Å². The van der Waals surface area contributed by atoms with Crippen molar-refractivity contribution >= 4 is 5.91 Å². The van der Waals surface area contributed by atoms with Gasteiger partial charge in [-0.2, -0.15) is 0 Å². The molecule has 4 N–H and O–H groups in total. The van der Waals surface area contributed by atoms with Gasteiger partial charge in [0.2, 0.25) is 5.91 Å². The standard InChI is InChI=1S/C15H24N2O2/c1-11(2)9-13-5-3-12(4-6-13)7-8-17-15(19)14(18)10-16/h3-6,11,14,18H,7-10,16H2,1-2H3,(H,17,19). The molecule has 0 spiro atoms. The third-order valence-corrected chi connectivity index (χ3v) is 2.91. The summed E-state index contributed by atoms with van der Waals surface area (Å²) in [5.41, 5.74) is 7.71. The molecule has 0 heterocycles. The highest BCUT2D eigenvalue weighted by molar-refractivity contribution is 5.80. The minimum absolute atomic E-state index is 0.0459. The number of nitrogens with one attached hydrogen (secondary N) is 1. The summed E-state index contributed by atoms with van der Waals surface area (Å²) in [6.45, 7) is 4.87. The number of amides is 1. The zero-order chi connectivity index (χ0) is 14.3. The second-order valence-electron chi connectivity index (χ2n) is 5.21. The van der Waals surface area contributed by atoms with E-state index < -0.39 is 12.0 Å². The summed E-state index contributed by atoms with van der Waals surface area (Å²) < 4.78 is 0. The molecule has 1 atom stereocenters. The number of nitrogens with two attached hydrogens (primary N) is 1. The predicted octanol–water partition coefficient (Wildman–Crippen LogP) is 0.863. The Balaban J connectivity index is 2.36. The Morgan fingerprint density at radius 1 is 1.26 bits per heavy atom. The van der Waals surface area contributed by atoms with Crippen molar-refractivity contribution in [2.75, 3.05) is 13.1 Å². The van der Waals surface area contributed by atoms with Crippen LogP contribution in [-0.4, -0.2) is 30.2 Å². The molecule has 1 aromatic rings. The molecule has 1 aromatic carbocycles. The molecule has 0 radical (unpaired) electrons. The summed E-state index contributed by atoms with van der Waals surface area (Å²) in [5.74, 6) is 0.252. The van der Waals surface area contributed by atoms with E-state index in [0.29, 0.717) is 12.5 Å². The Kier molecular flexibility index (Phi) is 6.53. The van der Waals surface area contributed by atoms with Gasteiger partial charge in [0, 0.05) is 13.1 Å². The van der Waals surface area contributed by atoms with Crippen LogP contribution in [-0.2, 0) is 17.6 Å². The number of hydrogen-bond acceptors (Lipinski definition) is 3. The molecule has 4 nitrogen and oxygen atoms in total. The Hall–Kier alpha value is -1.39. The second-order valence-corrected chi connectivity index (χ2v) is 5.21. The summed E-state index contributed by atoms with van der Waals surface area (Å²) in [4.78, 5) is 11.3. The number of benzene rings is 1. The highest BCUT2D eigenvalue weighted by Gasteiger charge is 2.11. The smallest absolute Gasteiger partial charge is 0.250 e. The van der Waals surface area contributed by atoms with Gasteiger partial charge in [0.1, 0.15) is 6.10 Å². The summed E-state index contributed by atoms with van der Waals surface area (Å²) in [6.07, 6.45) is 0.735. The lowest BCUT2D eigenvalue weighted by Gasteiger charge is -2.10. The van der Waals surface area contributed by atoms with Crippen molar-refractivity contribution in [1.82, 2.24) is 5.32 Å². The first-order valence-electron chi connectivity index (χ1n) is 6.76. The van der Waals surface area contributed by atoms with Crippen LogP contribution in [0.2, 0.25) is 0 Å². The summed E-state index contributed by atoms with van der Waals surface area (Å²) >= 11 is 0. The zero-order valence-corrected chi connectivity index (χ0v) is 11.7. The van der Waals surface area contributed by atoms with E-state index in [1.165, 1.54) is 11.1 Å². The van der Waals surface area contributed by atoms with Crippen LogP contribution in [0.4, 0.5) is 0 Å². The summed E-state index contributed by atoms with van der Waals surface area (Å²) in [7, 11) is 0. The molecule has 1 unspecified atom stereocenters. The number of aliphatic hydroxyl groups is 1. The van der Waals surface area contributed by atoms with Gasteiger partial charge in [-0.05, 0) is 29.9 Å². The second kappa shape index (κ2) is 7.92. The fourth-order valence-corrected chi connectivity index (χ4v) is 1.87. The number of rotatable bonds is 7. The molecule has 0 aromatic heterocycles. The minimum atomic E-state index is -1.10. The van der Waals surface area contributed by atoms with Gasteiger partial charge in [-0.15, -0.1) is 0 Å². The van der Waals surface area contributed by atoms with Gasteiger partial charge in [-0.25, -0.2) is 0 Å². The highest BCUT2D eigenvalue weighted by atomic mass is 16.3. The molecule has 0 aliphatic rings. The van der Waals surface area contributed by atoms with E-state index in [0.717, 1.165) is 12.8 Å². The summed E-state index contributed by atoms with van der Waals surface area (Å²) in [5, 5.41) is 11.9. The van der Waals surface area contributed by atoms with Gasteiger partial charge >= 0.3 is 0 Å². The summed E-state index contributed by atoms with van der Waals surface area (Å²) in [6, 6.07) is 8.43. The maximum Gasteiger partial charge on any atom is 0.250 e. The monoisotopic (exact) mass is 264 g/mol. The van der Waals surface area contributed by atoms with Gasteiger partial charge in [0.15, 0.2) is 0 Å². The molecule has 1 amide bonds. The minimum Gasteiger partial charge on any atom is -0.382 e. The molecule has 0 saturated heterocycles. The van der Waals surface area contributed by atoms with Crippen LogP contribution in [0, 0.1) is 5.92 Å². The van der Waals surface area contributed by atoms with Crippen molar-refractivity contribution in [3.63, 3.8) is 0 Å². The van der Waals surface area contributed by atoms with E-state index in [1.807, 2.05) is 0 Å². The zero-order valence-electron chi connectivity index (χ0n) is 11.7. The van der Waals surface area contributed by atoms with Crippen molar-refractivity contribution in [3.8, 4) is 0 Å². The first kappa shape index (κ1) is 15.7. The third-order valence-electron chi connectivity index (χ3n) is 2.91. The molecule has 1 rings (SSSR count). The van der Waals surface area contributed by atoms with Crippen LogP contribution in [0.25, 0.3) is 0 Å². The number of aliphatic hydroxyl groups excluding tert-OH is 1. The largest absolute Gasteiger partial charge is 0.382 e. The fraction of sp³-hybridized carbons (Fsp3) is 0.533. The maximum atomic E-state index is 11.3. The van der Waals surface area contributed by atoms with Crippen LogP contribution in [0.15, 0.2) is 24.3 Å². The lowest BCUT2D eigenvalue weighted by atomic mass is 10.0. The molecule has 4 heteroatoms. The Morgan fingerprint density at radius 3 is 2.37 bits per heavy atom. The topological polar surface area (TPSA) is 75.3 Å². The Labute approximate surface area is 115 Å². The average Bonchev–Trinajstić information content (AvgIpc) is 2.39. The van der Waals surface area contributed by atoms with Crippen molar-refractivity contribution in [2.45, 2.75) is 32.8 Å². The van der Waals surface area contributed by atoms with Crippen molar-refractivity contribution in [1.29, 1.82) is 0 Å². The Morgan fingerprint density at radius 2 is 1.84 bits per heavy atom. The van der Waals surface area contributed by atoms with Crippen LogP contribution in [0.1, 0.15) is 25.0 Å². The van der Waals surface area contributed by atoms with Gasteiger partial charge < -0.3 is 16.2 Å². The van der Waals surface area contributed by atoms with Crippen LogP contribution >= 0.6 is 0 Å². The number of carbonyl (C=O) groups excluding carboxylic acids is 1. The molecular formula is C15H24N2O2. The van der Waals surface area contributed by atoms with Crippen molar-refractivity contribution < 1.29 is 9.90 Å². The molecule has 0 bridgehead atoms. The third kappa shape index (κ3) is 5.85. The van der Waals surface area contributed by atoms with Gasteiger partial charge in [0.25, 0.3) is 0 Å². The van der Waals surface area contributed by atoms with E-state index in [2.05, 4.69) is 43.4 Å². The molecule has 106 valence electrons. The maximum absolute atomic E-state index is 11.3.